The van der Waals surface area contributed by atoms with Gasteiger partial charge in [-0.05, 0) is 24.6 Å². The average molecular weight is 301 g/mol. The van der Waals surface area contributed by atoms with Gasteiger partial charge in [0.25, 0.3) is 0 Å². The molecular weight excluding hydrogens is 278 g/mol. The number of rotatable bonds is 5. The van der Waals surface area contributed by atoms with Crippen LogP contribution >= 0.6 is 0 Å². The Kier molecular flexibility index (Phi) is 5.79. The van der Waals surface area contributed by atoms with Crippen molar-refractivity contribution in [3.8, 4) is 11.8 Å². The van der Waals surface area contributed by atoms with Gasteiger partial charge in [0.15, 0.2) is 0 Å². The molecule has 1 aliphatic heterocycles. The minimum absolute atomic E-state index is 0.154. The molecule has 0 bridgehead atoms. The molecule has 0 spiro atoms. The van der Waals surface area contributed by atoms with E-state index in [0.29, 0.717) is 12.8 Å². The maximum absolute atomic E-state index is 12.4. The third kappa shape index (κ3) is 4.22. The molecule has 1 aromatic rings. The van der Waals surface area contributed by atoms with Crippen LogP contribution in [0.1, 0.15) is 18.9 Å². The van der Waals surface area contributed by atoms with E-state index in [4.69, 9.17) is 10.00 Å². The Bertz CT molecular complexity index is 545. The highest BCUT2D eigenvalue weighted by Crippen LogP contribution is 2.15. The summed E-state index contributed by atoms with van der Waals surface area (Å²) in [7, 11) is 1.63. The Labute approximate surface area is 132 Å². The monoisotopic (exact) mass is 301 g/mol. The number of nitriles is 1. The Balaban J connectivity index is 1.86. The molecule has 1 fully saturated rings. The molecule has 2 rings (SSSR count). The first-order chi connectivity index (χ1) is 10.6. The van der Waals surface area contributed by atoms with Crippen LogP contribution in [-0.2, 0) is 11.2 Å². The third-order valence-corrected chi connectivity index (χ3v) is 4.17. The van der Waals surface area contributed by atoms with Gasteiger partial charge in [0.2, 0.25) is 5.91 Å². The number of nitrogens with zero attached hydrogens (tertiary/aromatic N) is 3. The predicted molar refractivity (Wildman–Crippen MR) is 84.5 cm³/mol. The molecule has 5 heteroatoms. The fraction of sp³-hybridized carbons (Fsp3) is 0.529. The molecular formula is C17H23N3O2. The van der Waals surface area contributed by atoms with Crippen molar-refractivity contribution in [3.63, 3.8) is 0 Å². The van der Waals surface area contributed by atoms with Gasteiger partial charge < -0.3 is 9.64 Å². The zero-order valence-corrected chi connectivity index (χ0v) is 13.3. The molecule has 0 radical (unpaired) electrons. The summed E-state index contributed by atoms with van der Waals surface area (Å²) < 4.78 is 5.19. The number of amides is 1. The Morgan fingerprint density at radius 2 is 2.09 bits per heavy atom. The largest absolute Gasteiger partial charge is 0.497 e. The van der Waals surface area contributed by atoms with Crippen LogP contribution in [0, 0.1) is 11.3 Å². The zero-order valence-electron chi connectivity index (χ0n) is 13.3. The Hall–Kier alpha value is -2.06. The normalized spacial score (nSPS) is 16.9. The summed E-state index contributed by atoms with van der Waals surface area (Å²) in [4.78, 5) is 16.6. The van der Waals surface area contributed by atoms with Crippen molar-refractivity contribution in [2.24, 2.45) is 0 Å². The number of ether oxygens (including phenoxy) is 1. The van der Waals surface area contributed by atoms with Crippen molar-refractivity contribution >= 4 is 5.91 Å². The van der Waals surface area contributed by atoms with Gasteiger partial charge in [0.05, 0.1) is 26.0 Å². The van der Waals surface area contributed by atoms with E-state index < -0.39 is 0 Å². The Morgan fingerprint density at radius 3 is 2.73 bits per heavy atom. The van der Waals surface area contributed by atoms with Crippen LogP contribution < -0.4 is 4.74 Å². The van der Waals surface area contributed by atoms with Crippen LogP contribution in [0.25, 0.3) is 0 Å². The first-order valence-corrected chi connectivity index (χ1v) is 7.65. The molecule has 0 N–H and O–H groups in total. The minimum atomic E-state index is 0.154. The van der Waals surface area contributed by atoms with Crippen molar-refractivity contribution in [2.45, 2.75) is 25.8 Å². The molecule has 1 unspecified atom stereocenters. The molecule has 0 aliphatic carbocycles. The van der Waals surface area contributed by atoms with Gasteiger partial charge in [-0.3, -0.25) is 9.69 Å². The first-order valence-electron chi connectivity index (χ1n) is 7.65. The lowest BCUT2D eigenvalue weighted by Gasteiger charge is -2.37. The second-order valence-corrected chi connectivity index (χ2v) is 5.66. The maximum atomic E-state index is 12.4. The number of carbonyl (C=O) groups is 1. The lowest BCUT2D eigenvalue weighted by molar-refractivity contribution is -0.132. The molecule has 1 amide bonds. The molecule has 1 atom stereocenters. The van der Waals surface area contributed by atoms with Crippen molar-refractivity contribution in [1.82, 2.24) is 9.80 Å². The predicted octanol–water partition coefficient (Wildman–Crippen LogP) is 1.68. The quantitative estimate of drug-likeness (QED) is 0.830. The number of hydrogen-bond acceptors (Lipinski definition) is 4. The summed E-state index contributed by atoms with van der Waals surface area (Å²) in [6, 6.07) is 10.1. The number of piperazine rings is 1. The lowest BCUT2D eigenvalue weighted by atomic mass is 10.1. The highest BCUT2D eigenvalue weighted by molar-refractivity contribution is 5.79. The summed E-state index contributed by atoms with van der Waals surface area (Å²) in [6.07, 6.45) is 0.947. The summed E-state index contributed by atoms with van der Waals surface area (Å²) in [6.45, 7) is 5.22. The van der Waals surface area contributed by atoms with Crippen molar-refractivity contribution in [1.29, 1.82) is 5.26 Å². The number of carbonyl (C=O) groups excluding carboxylic acids is 1. The van der Waals surface area contributed by atoms with E-state index in [1.54, 1.807) is 7.11 Å². The molecule has 22 heavy (non-hydrogen) atoms. The maximum Gasteiger partial charge on any atom is 0.227 e. The van der Waals surface area contributed by atoms with Gasteiger partial charge in [-0.25, -0.2) is 0 Å². The van der Waals surface area contributed by atoms with Crippen LogP contribution in [0.2, 0.25) is 0 Å². The highest BCUT2D eigenvalue weighted by atomic mass is 16.5. The van der Waals surface area contributed by atoms with Crippen LogP contribution in [0.4, 0.5) is 0 Å². The SMILES string of the molecule is COc1cccc(CC(=O)N2CCN(C(C)CC#N)CC2)c1. The van der Waals surface area contributed by atoms with Crippen molar-refractivity contribution < 1.29 is 9.53 Å². The van der Waals surface area contributed by atoms with Crippen LogP contribution in [0.3, 0.4) is 0 Å². The van der Waals surface area contributed by atoms with E-state index in [2.05, 4.69) is 17.9 Å². The second kappa shape index (κ2) is 7.81. The lowest BCUT2D eigenvalue weighted by Crippen LogP contribution is -2.51. The van der Waals surface area contributed by atoms with Crippen molar-refractivity contribution in [3.05, 3.63) is 29.8 Å². The highest BCUT2D eigenvalue weighted by Gasteiger charge is 2.23. The van der Waals surface area contributed by atoms with E-state index in [1.807, 2.05) is 29.2 Å². The minimum Gasteiger partial charge on any atom is -0.497 e. The molecule has 1 aromatic carbocycles. The second-order valence-electron chi connectivity index (χ2n) is 5.66. The van der Waals surface area contributed by atoms with E-state index >= 15 is 0 Å². The van der Waals surface area contributed by atoms with E-state index in [1.165, 1.54) is 0 Å². The molecule has 0 saturated carbocycles. The van der Waals surface area contributed by atoms with Crippen LogP contribution in [-0.4, -0.2) is 55.0 Å². The van der Waals surface area contributed by atoms with E-state index in [0.717, 1.165) is 37.5 Å². The van der Waals surface area contributed by atoms with Gasteiger partial charge in [-0.1, -0.05) is 12.1 Å². The first kappa shape index (κ1) is 16.3. The number of methoxy groups -OCH3 is 1. The molecule has 1 saturated heterocycles. The van der Waals surface area contributed by atoms with E-state index in [9.17, 15) is 4.79 Å². The standard InChI is InChI=1S/C17H23N3O2/c1-14(6-7-18)19-8-10-20(11-9-19)17(21)13-15-4-3-5-16(12-15)22-2/h3-5,12,14H,6,8-11,13H2,1-2H3. The smallest absolute Gasteiger partial charge is 0.227 e. The topological polar surface area (TPSA) is 56.6 Å². The van der Waals surface area contributed by atoms with Gasteiger partial charge in [-0.2, -0.15) is 5.26 Å². The molecule has 5 nitrogen and oxygen atoms in total. The summed E-state index contributed by atoms with van der Waals surface area (Å²) >= 11 is 0. The third-order valence-electron chi connectivity index (χ3n) is 4.17. The van der Waals surface area contributed by atoms with Crippen LogP contribution in [0.5, 0.6) is 5.75 Å². The number of benzene rings is 1. The fourth-order valence-corrected chi connectivity index (χ4v) is 2.74. The van der Waals surface area contributed by atoms with Crippen molar-refractivity contribution in [2.75, 3.05) is 33.3 Å². The van der Waals surface area contributed by atoms with Gasteiger partial charge in [0, 0.05) is 32.2 Å². The summed E-state index contributed by atoms with van der Waals surface area (Å²) in [5.41, 5.74) is 0.977. The zero-order chi connectivity index (χ0) is 15.9. The fourth-order valence-electron chi connectivity index (χ4n) is 2.74. The van der Waals surface area contributed by atoms with Crippen LogP contribution in [0.15, 0.2) is 24.3 Å². The van der Waals surface area contributed by atoms with Gasteiger partial charge in [0.1, 0.15) is 5.75 Å². The number of hydrogen-bond donors (Lipinski definition) is 0. The summed E-state index contributed by atoms with van der Waals surface area (Å²) in [5.74, 6) is 0.932. The van der Waals surface area contributed by atoms with Gasteiger partial charge >= 0.3 is 0 Å². The van der Waals surface area contributed by atoms with E-state index in [-0.39, 0.29) is 11.9 Å². The average Bonchev–Trinajstić information content (AvgIpc) is 2.55. The van der Waals surface area contributed by atoms with Gasteiger partial charge in [-0.15, -0.1) is 0 Å². The summed E-state index contributed by atoms with van der Waals surface area (Å²) in [5, 5.41) is 8.76. The molecule has 1 aliphatic rings. The molecule has 0 aromatic heterocycles. The molecule has 1 heterocycles. The Morgan fingerprint density at radius 1 is 1.36 bits per heavy atom. The molecule has 118 valence electrons.